The Hall–Kier alpha value is -1.22. The molecule has 1 aromatic heterocycles. The number of carbonyl (C=O) groups excluding carboxylic acids is 1. The van der Waals surface area contributed by atoms with Gasteiger partial charge in [0.05, 0.1) is 5.56 Å². The number of rotatable bonds is 2. The molecule has 1 heterocycles. The number of nitrogens with zero attached hydrogens (tertiary/aromatic N) is 1. The van der Waals surface area contributed by atoms with E-state index < -0.39 is 11.9 Å². The van der Waals surface area contributed by atoms with Gasteiger partial charge in [-0.3, -0.25) is 10.2 Å². The molecular formula is C7H6IN3O3. The number of nitrogens with one attached hydrogen (secondary N) is 1. The van der Waals surface area contributed by atoms with E-state index in [4.69, 9.17) is 10.9 Å². The first kappa shape index (κ1) is 10.9. The van der Waals surface area contributed by atoms with Crippen LogP contribution in [-0.2, 0) is 0 Å². The average Bonchev–Trinajstić information content (AvgIpc) is 2.16. The van der Waals surface area contributed by atoms with E-state index in [-0.39, 0.29) is 11.3 Å². The van der Waals surface area contributed by atoms with Gasteiger partial charge >= 0.3 is 5.97 Å². The molecule has 1 rings (SSSR count). The summed E-state index contributed by atoms with van der Waals surface area (Å²) < 4.78 is 0.494. The number of nitrogen functional groups attached to an aromatic ring is 1. The number of carbonyl (C=O) groups is 2. The van der Waals surface area contributed by atoms with E-state index in [0.717, 1.165) is 0 Å². The van der Waals surface area contributed by atoms with E-state index in [9.17, 15) is 9.59 Å². The Morgan fingerprint density at radius 1 is 1.50 bits per heavy atom. The smallest absolute Gasteiger partial charge is 0.355 e. The highest BCUT2D eigenvalue weighted by atomic mass is 127. The largest absolute Gasteiger partial charge is 0.476 e. The van der Waals surface area contributed by atoms with Gasteiger partial charge in [0.25, 0.3) is 5.91 Å². The fourth-order valence-electron chi connectivity index (χ4n) is 0.859. The molecule has 0 radical (unpaired) electrons. The third-order valence-corrected chi connectivity index (χ3v) is 2.04. The Morgan fingerprint density at radius 2 is 2.14 bits per heavy atom. The molecule has 0 spiro atoms. The van der Waals surface area contributed by atoms with Crippen molar-refractivity contribution in [3.8, 4) is 0 Å². The van der Waals surface area contributed by atoms with E-state index in [2.05, 4.69) is 4.98 Å². The highest BCUT2D eigenvalue weighted by Crippen LogP contribution is 2.09. The molecule has 0 fully saturated rings. The van der Waals surface area contributed by atoms with Gasteiger partial charge < -0.3 is 5.11 Å². The maximum absolute atomic E-state index is 11.1. The van der Waals surface area contributed by atoms with Gasteiger partial charge in [0, 0.05) is 0 Å². The lowest BCUT2D eigenvalue weighted by atomic mass is 10.2. The molecule has 0 aliphatic heterocycles. The number of amides is 1. The molecule has 7 heteroatoms. The van der Waals surface area contributed by atoms with Crippen LogP contribution < -0.4 is 11.3 Å². The van der Waals surface area contributed by atoms with E-state index in [0.29, 0.717) is 3.70 Å². The summed E-state index contributed by atoms with van der Waals surface area (Å²) in [5.41, 5.74) is 1.49. The molecule has 1 amide bonds. The van der Waals surface area contributed by atoms with Gasteiger partial charge in [0.2, 0.25) is 0 Å². The summed E-state index contributed by atoms with van der Waals surface area (Å²) in [6.45, 7) is 0. The van der Waals surface area contributed by atoms with Crippen LogP contribution in [0.15, 0.2) is 12.1 Å². The van der Waals surface area contributed by atoms with Crippen LogP contribution in [-0.4, -0.2) is 22.0 Å². The van der Waals surface area contributed by atoms with Crippen LogP contribution in [0.25, 0.3) is 0 Å². The summed E-state index contributed by atoms with van der Waals surface area (Å²) in [7, 11) is 0. The summed E-state index contributed by atoms with van der Waals surface area (Å²) in [5.74, 6) is 2.95. The lowest BCUT2D eigenvalue weighted by Crippen LogP contribution is -2.31. The van der Waals surface area contributed by atoms with Gasteiger partial charge in [0.15, 0.2) is 5.69 Å². The molecule has 0 bridgehead atoms. The Balaban J connectivity index is 3.28. The lowest BCUT2D eigenvalue weighted by Gasteiger charge is -2.03. The summed E-state index contributed by atoms with van der Waals surface area (Å²) >= 11 is 1.85. The minimum absolute atomic E-state index is 0.0552. The molecule has 0 aliphatic rings. The summed E-state index contributed by atoms with van der Waals surface area (Å²) in [4.78, 5) is 25.5. The number of aromatic nitrogens is 1. The number of aromatic carboxylic acids is 1. The summed E-state index contributed by atoms with van der Waals surface area (Å²) in [5, 5.41) is 8.75. The Morgan fingerprint density at radius 3 is 2.64 bits per heavy atom. The lowest BCUT2D eigenvalue weighted by molar-refractivity contribution is 0.0684. The Labute approximate surface area is 92.6 Å². The minimum Gasteiger partial charge on any atom is -0.476 e. The quantitative estimate of drug-likeness (QED) is 0.234. The van der Waals surface area contributed by atoms with Crippen LogP contribution in [0.2, 0.25) is 0 Å². The van der Waals surface area contributed by atoms with Gasteiger partial charge in [-0.1, -0.05) is 0 Å². The van der Waals surface area contributed by atoms with E-state index in [1.807, 2.05) is 28.0 Å². The van der Waals surface area contributed by atoms with Crippen molar-refractivity contribution in [2.45, 2.75) is 0 Å². The van der Waals surface area contributed by atoms with E-state index in [1.54, 1.807) is 0 Å². The molecule has 0 saturated heterocycles. The first-order chi connectivity index (χ1) is 6.56. The van der Waals surface area contributed by atoms with Crippen LogP contribution >= 0.6 is 22.6 Å². The molecule has 74 valence electrons. The van der Waals surface area contributed by atoms with Crippen LogP contribution in [0.3, 0.4) is 0 Å². The van der Waals surface area contributed by atoms with Crippen LogP contribution in [0, 0.1) is 3.70 Å². The zero-order valence-corrected chi connectivity index (χ0v) is 8.98. The second kappa shape index (κ2) is 4.33. The first-order valence-electron chi connectivity index (χ1n) is 3.47. The predicted molar refractivity (Wildman–Crippen MR) is 55.6 cm³/mol. The zero-order chi connectivity index (χ0) is 10.7. The van der Waals surface area contributed by atoms with Gasteiger partial charge in [-0.25, -0.2) is 15.6 Å². The number of hydrazine groups is 1. The average molecular weight is 307 g/mol. The number of carboxylic acids is 1. The minimum atomic E-state index is -1.26. The van der Waals surface area contributed by atoms with Crippen molar-refractivity contribution in [3.63, 3.8) is 0 Å². The fraction of sp³-hybridized carbons (Fsp3) is 0. The van der Waals surface area contributed by atoms with E-state index in [1.165, 1.54) is 12.1 Å². The topological polar surface area (TPSA) is 105 Å². The standard InChI is InChI=1S/C7H6IN3O3/c8-4-2-1-3(6(12)11-9)5(10-4)7(13)14/h1-2H,9H2,(H,11,12)(H,13,14). The van der Waals surface area contributed by atoms with Crippen molar-refractivity contribution in [2.75, 3.05) is 0 Å². The second-order valence-corrected chi connectivity index (χ2v) is 3.41. The zero-order valence-electron chi connectivity index (χ0n) is 6.82. The maximum Gasteiger partial charge on any atom is 0.355 e. The van der Waals surface area contributed by atoms with Crippen molar-refractivity contribution >= 4 is 34.5 Å². The fourth-order valence-corrected chi connectivity index (χ4v) is 1.28. The number of hydrogen-bond donors (Lipinski definition) is 3. The van der Waals surface area contributed by atoms with Gasteiger partial charge in [-0.15, -0.1) is 0 Å². The molecular weight excluding hydrogens is 301 g/mol. The second-order valence-electron chi connectivity index (χ2n) is 2.31. The first-order valence-corrected chi connectivity index (χ1v) is 4.55. The molecule has 4 N–H and O–H groups in total. The molecule has 0 unspecified atom stereocenters. The van der Waals surface area contributed by atoms with Crippen LogP contribution in [0.5, 0.6) is 0 Å². The Kier molecular flexibility index (Phi) is 3.36. The summed E-state index contributed by atoms with van der Waals surface area (Å²) in [6.07, 6.45) is 0. The molecule has 14 heavy (non-hydrogen) atoms. The van der Waals surface area contributed by atoms with Gasteiger partial charge in [-0.05, 0) is 34.7 Å². The van der Waals surface area contributed by atoms with Crippen molar-refractivity contribution < 1.29 is 14.7 Å². The molecule has 1 aromatic rings. The third kappa shape index (κ3) is 2.17. The highest BCUT2D eigenvalue weighted by Gasteiger charge is 2.17. The Bertz CT molecular complexity index is 394. The van der Waals surface area contributed by atoms with Gasteiger partial charge in [-0.2, -0.15) is 0 Å². The number of pyridine rings is 1. The van der Waals surface area contributed by atoms with Crippen molar-refractivity contribution in [2.24, 2.45) is 5.84 Å². The predicted octanol–water partition coefficient (Wildman–Crippen LogP) is -0.0121. The SMILES string of the molecule is NNC(=O)c1ccc(I)nc1C(=O)O. The van der Waals surface area contributed by atoms with Crippen molar-refractivity contribution in [3.05, 3.63) is 27.1 Å². The monoisotopic (exact) mass is 307 g/mol. The summed E-state index contributed by atoms with van der Waals surface area (Å²) in [6, 6.07) is 2.89. The number of halogens is 1. The normalized spacial score (nSPS) is 9.57. The van der Waals surface area contributed by atoms with Crippen molar-refractivity contribution in [1.82, 2.24) is 10.4 Å². The highest BCUT2D eigenvalue weighted by molar-refractivity contribution is 14.1. The number of carboxylic acid groups (broad SMARTS) is 1. The van der Waals surface area contributed by atoms with Crippen LogP contribution in [0.1, 0.15) is 20.8 Å². The molecule has 6 nitrogen and oxygen atoms in total. The van der Waals surface area contributed by atoms with Gasteiger partial charge in [0.1, 0.15) is 3.70 Å². The molecule has 0 aliphatic carbocycles. The molecule has 0 saturated carbocycles. The van der Waals surface area contributed by atoms with E-state index >= 15 is 0 Å². The third-order valence-electron chi connectivity index (χ3n) is 1.44. The molecule has 0 aromatic carbocycles. The maximum atomic E-state index is 11.1. The van der Waals surface area contributed by atoms with Crippen LogP contribution in [0.4, 0.5) is 0 Å². The number of hydrogen-bond acceptors (Lipinski definition) is 4. The molecule has 0 atom stereocenters. The number of nitrogens with two attached hydrogens (primary N) is 1. The van der Waals surface area contributed by atoms with Crippen molar-refractivity contribution in [1.29, 1.82) is 0 Å².